The minimum Gasteiger partial charge on any atom is -0.375 e. The molecule has 0 bridgehead atoms. The summed E-state index contributed by atoms with van der Waals surface area (Å²) in [7, 11) is 3.34. The molecule has 0 atom stereocenters. The summed E-state index contributed by atoms with van der Waals surface area (Å²) in [6.45, 7) is 6.32. The van der Waals surface area contributed by atoms with Gasteiger partial charge in [-0.1, -0.05) is 6.92 Å². The Morgan fingerprint density at radius 1 is 1.50 bits per heavy atom. The third kappa shape index (κ3) is 2.81. The molecule has 72 valence electrons. The van der Waals surface area contributed by atoms with Gasteiger partial charge in [-0.3, -0.25) is 4.79 Å². The Bertz CT molecular complexity index is 155. The summed E-state index contributed by atoms with van der Waals surface area (Å²) in [4.78, 5) is 13.1. The summed E-state index contributed by atoms with van der Waals surface area (Å²) in [6, 6.07) is 0. The second-order valence-electron chi connectivity index (χ2n) is 3.55. The summed E-state index contributed by atoms with van der Waals surface area (Å²) in [6.07, 6.45) is 0.943. The van der Waals surface area contributed by atoms with Crippen LogP contribution in [0.2, 0.25) is 0 Å². The van der Waals surface area contributed by atoms with E-state index in [4.69, 9.17) is 4.74 Å². The van der Waals surface area contributed by atoms with E-state index in [0.717, 1.165) is 6.42 Å². The lowest BCUT2D eigenvalue weighted by atomic mass is 10.00. The van der Waals surface area contributed by atoms with Gasteiger partial charge in [0.2, 0.25) is 5.91 Å². The van der Waals surface area contributed by atoms with Crippen molar-refractivity contribution in [2.24, 2.45) is 0 Å². The average Bonchev–Trinajstić information content (AvgIpc) is 2.03. The molecule has 0 heterocycles. The van der Waals surface area contributed by atoms with Gasteiger partial charge >= 0.3 is 0 Å². The van der Waals surface area contributed by atoms with Crippen LogP contribution in [0.25, 0.3) is 0 Å². The highest BCUT2D eigenvalue weighted by Gasteiger charge is 2.24. The molecule has 0 rings (SSSR count). The first-order valence-electron chi connectivity index (χ1n) is 4.21. The van der Waals surface area contributed by atoms with E-state index in [9.17, 15) is 4.79 Å². The molecule has 0 saturated heterocycles. The summed E-state index contributed by atoms with van der Waals surface area (Å²) >= 11 is 0. The Kier molecular flexibility index (Phi) is 4.24. The van der Waals surface area contributed by atoms with Gasteiger partial charge in [-0.2, -0.15) is 0 Å². The highest BCUT2D eigenvalue weighted by atomic mass is 16.5. The quantitative estimate of drug-likeness (QED) is 0.641. The lowest BCUT2D eigenvalue weighted by Gasteiger charge is -2.34. The fourth-order valence-electron chi connectivity index (χ4n) is 0.795. The molecule has 0 aromatic carbocycles. The smallest absolute Gasteiger partial charge is 0.248 e. The molecule has 0 spiro atoms. The molecule has 0 radical (unpaired) electrons. The van der Waals surface area contributed by atoms with Crippen LogP contribution in [0, 0.1) is 0 Å². The molecule has 0 aliphatic carbocycles. The van der Waals surface area contributed by atoms with E-state index in [1.54, 1.807) is 4.90 Å². The topological polar surface area (TPSA) is 29.5 Å². The lowest BCUT2D eigenvalue weighted by Crippen LogP contribution is -2.45. The maximum atomic E-state index is 11.3. The van der Waals surface area contributed by atoms with Gasteiger partial charge in [-0.25, -0.2) is 0 Å². The van der Waals surface area contributed by atoms with E-state index in [0.29, 0.717) is 0 Å². The number of carbonyl (C=O) groups is 1. The van der Waals surface area contributed by atoms with Crippen molar-refractivity contribution < 1.29 is 9.53 Å². The van der Waals surface area contributed by atoms with Gasteiger partial charge in [0.15, 0.2) is 0 Å². The van der Waals surface area contributed by atoms with Gasteiger partial charge in [-0.05, 0) is 20.3 Å². The zero-order valence-electron chi connectivity index (χ0n) is 8.68. The van der Waals surface area contributed by atoms with Crippen molar-refractivity contribution in [3.05, 3.63) is 0 Å². The van der Waals surface area contributed by atoms with Crippen LogP contribution < -0.4 is 0 Å². The predicted molar refractivity (Wildman–Crippen MR) is 49.0 cm³/mol. The second-order valence-corrected chi connectivity index (χ2v) is 3.55. The van der Waals surface area contributed by atoms with Gasteiger partial charge in [0.25, 0.3) is 0 Å². The highest BCUT2D eigenvalue weighted by molar-refractivity contribution is 5.77. The van der Waals surface area contributed by atoms with Crippen LogP contribution in [0.15, 0.2) is 0 Å². The van der Waals surface area contributed by atoms with Crippen LogP contribution >= 0.6 is 0 Å². The van der Waals surface area contributed by atoms with Gasteiger partial charge in [0.05, 0.1) is 0 Å². The molecule has 3 heteroatoms. The molecule has 0 saturated carbocycles. The number of hydrogen-bond donors (Lipinski definition) is 0. The van der Waals surface area contributed by atoms with Gasteiger partial charge in [-0.15, -0.1) is 0 Å². The number of nitrogens with zero attached hydrogens (tertiary/aromatic N) is 1. The zero-order valence-corrected chi connectivity index (χ0v) is 8.68. The number of rotatable bonds is 4. The number of carbonyl (C=O) groups excluding carboxylic acids is 1. The standard InChI is InChI=1S/C9H19NO2/c1-6-9(2,3)10(4)8(11)7-12-5/h6-7H2,1-5H3. The molecule has 0 aliphatic heterocycles. The van der Waals surface area contributed by atoms with E-state index in [1.165, 1.54) is 7.11 Å². The SMILES string of the molecule is CCC(C)(C)N(C)C(=O)COC. The summed E-state index contributed by atoms with van der Waals surface area (Å²) in [5, 5.41) is 0. The third-order valence-electron chi connectivity index (χ3n) is 2.42. The number of methoxy groups -OCH3 is 1. The van der Waals surface area contributed by atoms with E-state index < -0.39 is 0 Å². The molecule has 0 fully saturated rings. The molecular formula is C9H19NO2. The van der Waals surface area contributed by atoms with Crippen molar-refractivity contribution >= 4 is 5.91 Å². The number of likely N-dealkylation sites (N-methyl/N-ethyl adjacent to an activating group) is 1. The Balaban J connectivity index is 4.17. The molecule has 0 aromatic rings. The van der Waals surface area contributed by atoms with Crippen molar-refractivity contribution in [1.82, 2.24) is 4.90 Å². The van der Waals surface area contributed by atoms with E-state index in [-0.39, 0.29) is 18.1 Å². The Hall–Kier alpha value is -0.570. The van der Waals surface area contributed by atoms with E-state index >= 15 is 0 Å². The van der Waals surface area contributed by atoms with Crippen LogP contribution in [-0.4, -0.2) is 37.1 Å². The molecule has 0 aromatic heterocycles. The summed E-state index contributed by atoms with van der Waals surface area (Å²) in [5.74, 6) is 0.0318. The van der Waals surface area contributed by atoms with Crippen molar-refractivity contribution in [2.45, 2.75) is 32.7 Å². The molecular weight excluding hydrogens is 154 g/mol. The van der Waals surface area contributed by atoms with Crippen molar-refractivity contribution in [3.8, 4) is 0 Å². The fourth-order valence-corrected chi connectivity index (χ4v) is 0.795. The van der Waals surface area contributed by atoms with Gasteiger partial charge in [0, 0.05) is 19.7 Å². The highest BCUT2D eigenvalue weighted by Crippen LogP contribution is 2.16. The van der Waals surface area contributed by atoms with Crippen molar-refractivity contribution in [2.75, 3.05) is 20.8 Å². The molecule has 3 nitrogen and oxygen atoms in total. The largest absolute Gasteiger partial charge is 0.375 e. The van der Waals surface area contributed by atoms with Crippen LogP contribution in [0.4, 0.5) is 0 Å². The number of hydrogen-bond acceptors (Lipinski definition) is 2. The Morgan fingerprint density at radius 2 is 2.00 bits per heavy atom. The summed E-state index contributed by atoms with van der Waals surface area (Å²) in [5.41, 5.74) is -0.0738. The third-order valence-corrected chi connectivity index (χ3v) is 2.42. The van der Waals surface area contributed by atoms with Crippen molar-refractivity contribution in [3.63, 3.8) is 0 Å². The van der Waals surface area contributed by atoms with Gasteiger partial charge < -0.3 is 9.64 Å². The molecule has 0 unspecified atom stereocenters. The monoisotopic (exact) mass is 173 g/mol. The van der Waals surface area contributed by atoms with E-state index in [2.05, 4.69) is 6.92 Å². The first-order valence-corrected chi connectivity index (χ1v) is 4.21. The Labute approximate surface area is 74.7 Å². The zero-order chi connectivity index (χ0) is 9.78. The first-order chi connectivity index (χ1) is 5.45. The molecule has 0 N–H and O–H groups in total. The minimum atomic E-state index is -0.0738. The van der Waals surface area contributed by atoms with E-state index in [1.807, 2.05) is 20.9 Å². The predicted octanol–water partition coefficient (Wildman–Crippen LogP) is 1.28. The summed E-state index contributed by atoms with van der Waals surface area (Å²) < 4.78 is 4.77. The molecule has 0 aliphatic rings. The fraction of sp³-hybridized carbons (Fsp3) is 0.889. The minimum absolute atomic E-state index is 0.0318. The van der Waals surface area contributed by atoms with Crippen LogP contribution in [-0.2, 0) is 9.53 Å². The van der Waals surface area contributed by atoms with Gasteiger partial charge in [0.1, 0.15) is 6.61 Å². The van der Waals surface area contributed by atoms with Crippen LogP contribution in [0.3, 0.4) is 0 Å². The molecule has 1 amide bonds. The van der Waals surface area contributed by atoms with Crippen molar-refractivity contribution in [1.29, 1.82) is 0 Å². The Morgan fingerprint density at radius 3 is 2.33 bits per heavy atom. The first kappa shape index (κ1) is 11.4. The average molecular weight is 173 g/mol. The lowest BCUT2D eigenvalue weighted by molar-refractivity contribution is -0.138. The maximum Gasteiger partial charge on any atom is 0.248 e. The maximum absolute atomic E-state index is 11.3. The normalized spacial score (nSPS) is 11.4. The van der Waals surface area contributed by atoms with Crippen LogP contribution in [0.5, 0.6) is 0 Å². The number of ether oxygens (including phenoxy) is 1. The van der Waals surface area contributed by atoms with Crippen LogP contribution in [0.1, 0.15) is 27.2 Å². The number of amides is 1. The second kappa shape index (κ2) is 4.45. The molecule has 12 heavy (non-hydrogen) atoms.